The number of nitrogens with two attached hydrogens (primary N) is 1. The van der Waals surface area contributed by atoms with Gasteiger partial charge in [0, 0.05) is 23.7 Å². The van der Waals surface area contributed by atoms with Crippen LogP contribution in [0.4, 0.5) is 0 Å². The molecular formula is C26H38N4O2. The van der Waals surface area contributed by atoms with Crippen LogP contribution in [0.25, 0.3) is 11.0 Å². The minimum atomic E-state index is -0.764. The summed E-state index contributed by atoms with van der Waals surface area (Å²) in [6.45, 7) is 6.87. The fourth-order valence-corrected chi connectivity index (χ4v) is 6.27. The van der Waals surface area contributed by atoms with E-state index in [2.05, 4.69) is 30.7 Å². The third-order valence-corrected chi connectivity index (χ3v) is 7.73. The predicted octanol–water partition coefficient (Wildman–Crippen LogP) is 4.80. The summed E-state index contributed by atoms with van der Waals surface area (Å²) in [5, 5.41) is 0. The standard InChI is InChI=1S/C26H38N4O2/c1-18(29-22-14-10-9-13-21(22)28-23(24(27)31)25(29)32)17-20-15-16-26(2,3)30(20)19-11-7-5-4-6-8-12-19/h9-10,13-14,18-20H,4-8,11-12,15-17H2,1-3H3,(H2,27,31)/t18-,20-/m0/s1. The van der Waals surface area contributed by atoms with Crippen LogP contribution in [0.15, 0.2) is 29.1 Å². The molecule has 0 bridgehead atoms. The van der Waals surface area contributed by atoms with Crippen molar-refractivity contribution in [2.75, 3.05) is 0 Å². The Bertz CT molecular complexity index is 1020. The lowest BCUT2D eigenvalue weighted by Crippen LogP contribution is -2.50. The number of carbonyl (C=O) groups excluding carboxylic acids is 1. The van der Waals surface area contributed by atoms with E-state index in [9.17, 15) is 9.59 Å². The molecule has 2 fully saturated rings. The molecule has 32 heavy (non-hydrogen) atoms. The molecule has 1 aromatic carbocycles. The van der Waals surface area contributed by atoms with Gasteiger partial charge in [0.1, 0.15) is 0 Å². The van der Waals surface area contributed by atoms with Crippen molar-refractivity contribution in [3.8, 4) is 0 Å². The maximum atomic E-state index is 13.2. The van der Waals surface area contributed by atoms with Crippen molar-refractivity contribution in [3.05, 3.63) is 40.3 Å². The Hall–Kier alpha value is -2.21. The highest BCUT2D eigenvalue weighted by molar-refractivity contribution is 5.92. The Morgan fingerprint density at radius 3 is 2.47 bits per heavy atom. The number of amides is 1. The summed E-state index contributed by atoms with van der Waals surface area (Å²) in [4.78, 5) is 32.2. The topological polar surface area (TPSA) is 81.2 Å². The van der Waals surface area contributed by atoms with Gasteiger partial charge in [-0.3, -0.25) is 14.5 Å². The number of hydrogen-bond acceptors (Lipinski definition) is 4. The van der Waals surface area contributed by atoms with Gasteiger partial charge in [0.05, 0.1) is 11.0 Å². The van der Waals surface area contributed by atoms with Crippen LogP contribution in [0.1, 0.15) is 102 Å². The van der Waals surface area contributed by atoms with Gasteiger partial charge in [-0.15, -0.1) is 0 Å². The maximum absolute atomic E-state index is 13.2. The van der Waals surface area contributed by atoms with Crippen LogP contribution in [0.5, 0.6) is 0 Å². The van der Waals surface area contributed by atoms with Crippen LogP contribution in [0, 0.1) is 0 Å². The molecule has 2 aromatic rings. The highest BCUT2D eigenvalue weighted by atomic mass is 16.2. The van der Waals surface area contributed by atoms with E-state index in [0.29, 0.717) is 17.6 Å². The summed E-state index contributed by atoms with van der Waals surface area (Å²) >= 11 is 0. The second kappa shape index (κ2) is 9.34. The zero-order valence-electron chi connectivity index (χ0n) is 19.8. The van der Waals surface area contributed by atoms with E-state index >= 15 is 0 Å². The van der Waals surface area contributed by atoms with Crippen molar-refractivity contribution in [1.82, 2.24) is 14.5 Å². The van der Waals surface area contributed by atoms with E-state index < -0.39 is 5.91 Å². The first-order valence-electron chi connectivity index (χ1n) is 12.4. The van der Waals surface area contributed by atoms with E-state index in [1.165, 1.54) is 51.4 Å². The number of aromatic nitrogens is 2. The Morgan fingerprint density at radius 2 is 1.78 bits per heavy atom. The van der Waals surface area contributed by atoms with Crippen LogP contribution in [-0.4, -0.2) is 38.0 Å². The molecule has 0 radical (unpaired) electrons. The van der Waals surface area contributed by atoms with E-state index in [1.807, 2.05) is 24.3 Å². The first kappa shape index (κ1) is 23.0. The Kier molecular flexibility index (Phi) is 6.70. The quantitative estimate of drug-likeness (QED) is 0.727. The van der Waals surface area contributed by atoms with Gasteiger partial charge in [-0.2, -0.15) is 0 Å². The Labute approximate surface area is 191 Å². The van der Waals surface area contributed by atoms with Crippen LogP contribution < -0.4 is 11.3 Å². The first-order chi connectivity index (χ1) is 15.3. The molecule has 2 aliphatic rings. The molecule has 1 saturated carbocycles. The number of likely N-dealkylation sites (tertiary alicyclic amines) is 1. The molecular weight excluding hydrogens is 400 g/mol. The molecule has 0 unspecified atom stereocenters. The van der Waals surface area contributed by atoms with Crippen molar-refractivity contribution < 1.29 is 4.79 Å². The average molecular weight is 439 g/mol. The monoisotopic (exact) mass is 438 g/mol. The molecule has 0 spiro atoms. The second-order valence-electron chi connectivity index (χ2n) is 10.5. The molecule has 174 valence electrons. The van der Waals surface area contributed by atoms with Crippen LogP contribution in [0.3, 0.4) is 0 Å². The van der Waals surface area contributed by atoms with Gasteiger partial charge in [-0.1, -0.05) is 44.2 Å². The summed E-state index contributed by atoms with van der Waals surface area (Å²) < 4.78 is 1.75. The molecule has 1 amide bonds. The van der Waals surface area contributed by atoms with Crippen molar-refractivity contribution >= 4 is 16.9 Å². The van der Waals surface area contributed by atoms with Gasteiger partial charge >= 0.3 is 0 Å². The zero-order chi connectivity index (χ0) is 22.9. The number of hydrogen-bond donors (Lipinski definition) is 1. The van der Waals surface area contributed by atoms with Gasteiger partial charge in [-0.25, -0.2) is 4.98 Å². The van der Waals surface area contributed by atoms with Crippen molar-refractivity contribution in [2.24, 2.45) is 5.73 Å². The normalized spacial score (nSPS) is 23.7. The molecule has 2 N–H and O–H groups in total. The number of fused-ring (bicyclic) bond motifs is 1. The number of para-hydroxylation sites is 2. The number of nitrogens with zero attached hydrogens (tertiary/aromatic N) is 3. The molecule has 6 heteroatoms. The van der Waals surface area contributed by atoms with Crippen LogP contribution >= 0.6 is 0 Å². The van der Waals surface area contributed by atoms with E-state index in [0.717, 1.165) is 18.4 Å². The molecule has 1 aliphatic heterocycles. The third kappa shape index (κ3) is 4.47. The summed E-state index contributed by atoms with van der Waals surface area (Å²) in [6, 6.07) is 8.53. The summed E-state index contributed by atoms with van der Waals surface area (Å²) in [5.41, 5.74) is 6.54. The smallest absolute Gasteiger partial charge is 0.282 e. The largest absolute Gasteiger partial charge is 0.364 e. The molecule has 2 atom stereocenters. The fraction of sp³-hybridized carbons (Fsp3) is 0.654. The highest BCUT2D eigenvalue weighted by Gasteiger charge is 2.43. The summed E-state index contributed by atoms with van der Waals surface area (Å²) in [7, 11) is 0. The van der Waals surface area contributed by atoms with Gasteiger partial charge in [0.15, 0.2) is 5.69 Å². The Balaban J connectivity index is 1.66. The lowest BCUT2D eigenvalue weighted by Gasteiger charge is -2.43. The van der Waals surface area contributed by atoms with Gasteiger partial charge in [0.2, 0.25) is 0 Å². The second-order valence-corrected chi connectivity index (χ2v) is 10.5. The first-order valence-corrected chi connectivity index (χ1v) is 12.4. The number of benzene rings is 1. The number of carbonyl (C=O) groups is 1. The molecule has 1 aliphatic carbocycles. The van der Waals surface area contributed by atoms with Crippen LogP contribution in [-0.2, 0) is 0 Å². The maximum Gasteiger partial charge on any atom is 0.282 e. The fourth-order valence-electron chi connectivity index (χ4n) is 6.27. The van der Waals surface area contributed by atoms with E-state index in [4.69, 9.17) is 5.73 Å². The summed E-state index contributed by atoms with van der Waals surface area (Å²) in [5.74, 6) is -0.764. The lowest BCUT2D eigenvalue weighted by atomic mass is 9.91. The summed E-state index contributed by atoms with van der Waals surface area (Å²) in [6.07, 6.45) is 12.5. The zero-order valence-corrected chi connectivity index (χ0v) is 19.8. The van der Waals surface area contributed by atoms with Gasteiger partial charge < -0.3 is 10.3 Å². The molecule has 1 saturated heterocycles. The van der Waals surface area contributed by atoms with E-state index in [1.54, 1.807) is 4.57 Å². The molecule has 2 heterocycles. The van der Waals surface area contributed by atoms with Gasteiger partial charge in [0.25, 0.3) is 11.5 Å². The highest BCUT2D eigenvalue weighted by Crippen LogP contribution is 2.41. The number of rotatable bonds is 5. The van der Waals surface area contributed by atoms with Gasteiger partial charge in [-0.05, 0) is 65.0 Å². The molecule has 1 aromatic heterocycles. The van der Waals surface area contributed by atoms with E-state index in [-0.39, 0.29) is 22.8 Å². The van der Waals surface area contributed by atoms with Crippen LogP contribution in [0.2, 0.25) is 0 Å². The van der Waals surface area contributed by atoms with Crippen molar-refractivity contribution in [3.63, 3.8) is 0 Å². The SMILES string of the molecule is C[C@@H](C[C@@H]1CCC(C)(C)N1C1CCCCCCC1)n1c(=O)c(C(N)=O)nc2ccccc21. The third-order valence-electron chi connectivity index (χ3n) is 7.73. The molecule has 4 rings (SSSR count). The lowest BCUT2D eigenvalue weighted by molar-refractivity contribution is 0.0501. The average Bonchev–Trinajstić information content (AvgIpc) is 3.01. The number of primary amides is 1. The van der Waals surface area contributed by atoms with Crippen molar-refractivity contribution in [2.45, 2.75) is 109 Å². The molecule has 6 nitrogen and oxygen atoms in total. The Morgan fingerprint density at radius 1 is 1.12 bits per heavy atom. The minimum Gasteiger partial charge on any atom is -0.364 e. The predicted molar refractivity (Wildman–Crippen MR) is 129 cm³/mol. The van der Waals surface area contributed by atoms with Crippen molar-refractivity contribution in [1.29, 1.82) is 0 Å². The minimum absolute atomic E-state index is 0.0524.